The van der Waals surface area contributed by atoms with Crippen LogP contribution in [0.3, 0.4) is 0 Å². The van der Waals surface area contributed by atoms with Crippen LogP contribution >= 0.6 is 11.6 Å². The molecule has 0 aliphatic carbocycles. The summed E-state index contributed by atoms with van der Waals surface area (Å²) < 4.78 is 5.26. The molecule has 16 heavy (non-hydrogen) atoms. The number of alkyl halides is 1. The maximum absolute atomic E-state index is 5.55. The average Bonchev–Trinajstić information content (AvgIpc) is 2.33. The van der Waals surface area contributed by atoms with Crippen LogP contribution in [0.5, 0.6) is 5.88 Å². The summed E-state index contributed by atoms with van der Waals surface area (Å²) in [5, 5.41) is 0. The van der Waals surface area contributed by atoms with Crippen molar-refractivity contribution in [3.8, 4) is 17.1 Å². The first kappa shape index (κ1) is 10.9. The Kier molecular flexibility index (Phi) is 3.37. The van der Waals surface area contributed by atoms with Crippen molar-refractivity contribution in [2.75, 3.05) is 6.07 Å². The first-order chi connectivity index (χ1) is 7.81. The Morgan fingerprint density at radius 1 is 1.31 bits per heavy atom. The van der Waals surface area contributed by atoms with Gasteiger partial charge >= 0.3 is 0 Å². The normalized spacial score (nSPS) is 10.1. The second kappa shape index (κ2) is 4.94. The predicted octanol–water partition coefficient (Wildman–Crippen LogP) is 3.03. The smallest absolute Gasteiger partial charge is 0.224 e. The van der Waals surface area contributed by atoms with Gasteiger partial charge in [0.2, 0.25) is 5.88 Å². The molecule has 0 aliphatic heterocycles. The van der Waals surface area contributed by atoms with Crippen LogP contribution in [0.2, 0.25) is 0 Å². The molecule has 2 aromatic heterocycles. The van der Waals surface area contributed by atoms with E-state index < -0.39 is 0 Å². The second-order valence-electron chi connectivity index (χ2n) is 3.33. The lowest BCUT2D eigenvalue weighted by atomic mass is 10.1. The summed E-state index contributed by atoms with van der Waals surface area (Å²) in [5.74, 6) is 0.513. The lowest BCUT2D eigenvalue weighted by Gasteiger charge is -2.08. The van der Waals surface area contributed by atoms with Gasteiger partial charge in [-0.2, -0.15) is 0 Å². The number of halogens is 1. The van der Waals surface area contributed by atoms with Gasteiger partial charge in [0.25, 0.3) is 0 Å². The topological polar surface area (TPSA) is 35.0 Å². The molecule has 2 aromatic rings. The van der Waals surface area contributed by atoms with Crippen molar-refractivity contribution >= 4 is 11.6 Å². The summed E-state index contributed by atoms with van der Waals surface area (Å²) >= 11 is 5.55. The van der Waals surface area contributed by atoms with Crippen LogP contribution < -0.4 is 4.74 Å². The van der Waals surface area contributed by atoms with Crippen molar-refractivity contribution in [3.63, 3.8) is 0 Å². The van der Waals surface area contributed by atoms with Crippen molar-refractivity contribution in [1.82, 2.24) is 9.97 Å². The van der Waals surface area contributed by atoms with Crippen LogP contribution in [-0.2, 0) is 0 Å². The molecule has 2 heterocycles. The van der Waals surface area contributed by atoms with Crippen LogP contribution in [0, 0.1) is 6.92 Å². The SMILES string of the molecule is Cc1cnc(OCCl)c(-c2ccccn2)c1. The maximum atomic E-state index is 5.55. The van der Waals surface area contributed by atoms with E-state index in [0.717, 1.165) is 16.8 Å². The maximum Gasteiger partial charge on any atom is 0.224 e. The molecular formula is C12H11ClN2O. The second-order valence-corrected chi connectivity index (χ2v) is 3.55. The van der Waals surface area contributed by atoms with Crippen LogP contribution in [0.15, 0.2) is 36.7 Å². The van der Waals surface area contributed by atoms with Crippen molar-refractivity contribution in [2.45, 2.75) is 6.92 Å². The number of ether oxygens (including phenoxy) is 1. The fourth-order valence-electron chi connectivity index (χ4n) is 1.43. The van der Waals surface area contributed by atoms with Gasteiger partial charge in [-0.15, -0.1) is 0 Å². The Hall–Kier alpha value is -1.61. The standard InChI is InChI=1S/C12H11ClN2O/c1-9-6-10(11-4-2-3-5-14-11)12(15-7-9)16-8-13/h2-7H,8H2,1H3. The molecule has 0 bridgehead atoms. The van der Waals surface area contributed by atoms with E-state index in [0.29, 0.717) is 5.88 Å². The van der Waals surface area contributed by atoms with E-state index in [2.05, 4.69) is 9.97 Å². The highest BCUT2D eigenvalue weighted by Gasteiger charge is 2.08. The molecule has 0 unspecified atom stereocenters. The summed E-state index contributed by atoms with van der Waals surface area (Å²) in [7, 11) is 0. The Labute approximate surface area is 99.1 Å². The average molecular weight is 235 g/mol. The van der Waals surface area contributed by atoms with Gasteiger partial charge in [0.05, 0.1) is 11.3 Å². The molecule has 0 atom stereocenters. The molecule has 2 rings (SSSR count). The molecule has 3 nitrogen and oxygen atoms in total. The van der Waals surface area contributed by atoms with E-state index >= 15 is 0 Å². The van der Waals surface area contributed by atoms with Gasteiger partial charge in [-0.05, 0) is 30.7 Å². The van der Waals surface area contributed by atoms with Gasteiger partial charge in [0, 0.05) is 12.4 Å². The highest BCUT2D eigenvalue weighted by Crippen LogP contribution is 2.27. The van der Waals surface area contributed by atoms with Crippen molar-refractivity contribution in [3.05, 3.63) is 42.2 Å². The Balaban J connectivity index is 2.49. The van der Waals surface area contributed by atoms with Gasteiger partial charge in [-0.1, -0.05) is 17.7 Å². The quantitative estimate of drug-likeness (QED) is 0.766. The number of aryl methyl sites for hydroxylation is 1. The fourth-order valence-corrected chi connectivity index (χ4v) is 1.53. The van der Waals surface area contributed by atoms with E-state index in [1.165, 1.54) is 0 Å². The summed E-state index contributed by atoms with van der Waals surface area (Å²) in [6, 6.07) is 7.77. The molecule has 0 aromatic carbocycles. The molecule has 4 heteroatoms. The van der Waals surface area contributed by atoms with E-state index in [9.17, 15) is 0 Å². The van der Waals surface area contributed by atoms with Crippen molar-refractivity contribution in [2.24, 2.45) is 0 Å². The minimum Gasteiger partial charge on any atom is -0.461 e. The largest absolute Gasteiger partial charge is 0.461 e. The highest BCUT2D eigenvalue weighted by atomic mass is 35.5. The van der Waals surface area contributed by atoms with Gasteiger partial charge in [0.15, 0.2) is 6.07 Å². The van der Waals surface area contributed by atoms with Crippen LogP contribution in [0.1, 0.15) is 5.56 Å². The zero-order valence-corrected chi connectivity index (χ0v) is 9.61. The number of aromatic nitrogens is 2. The van der Waals surface area contributed by atoms with Gasteiger partial charge in [-0.3, -0.25) is 4.98 Å². The third kappa shape index (κ3) is 2.31. The lowest BCUT2D eigenvalue weighted by Crippen LogP contribution is -1.96. The van der Waals surface area contributed by atoms with Crippen molar-refractivity contribution < 1.29 is 4.74 Å². The lowest BCUT2D eigenvalue weighted by molar-refractivity contribution is 0.374. The van der Waals surface area contributed by atoms with Crippen LogP contribution in [0.4, 0.5) is 0 Å². The number of pyridine rings is 2. The molecule has 0 amide bonds. The summed E-state index contributed by atoms with van der Waals surface area (Å²) in [6.07, 6.45) is 3.48. The first-order valence-electron chi connectivity index (χ1n) is 4.88. The first-order valence-corrected chi connectivity index (χ1v) is 5.41. The fraction of sp³-hybridized carbons (Fsp3) is 0.167. The molecule has 82 valence electrons. The number of nitrogens with zero attached hydrogens (tertiary/aromatic N) is 2. The summed E-state index contributed by atoms with van der Waals surface area (Å²) in [4.78, 5) is 8.47. The Bertz CT molecular complexity index is 474. The third-order valence-corrected chi connectivity index (χ3v) is 2.23. The number of rotatable bonds is 3. The third-order valence-electron chi connectivity index (χ3n) is 2.12. The zero-order valence-electron chi connectivity index (χ0n) is 8.85. The zero-order chi connectivity index (χ0) is 11.4. The van der Waals surface area contributed by atoms with E-state index in [4.69, 9.17) is 16.3 Å². The molecule has 0 saturated heterocycles. The monoisotopic (exact) mass is 234 g/mol. The molecular weight excluding hydrogens is 224 g/mol. The molecule has 0 fully saturated rings. The minimum absolute atomic E-state index is 0.0793. The van der Waals surface area contributed by atoms with E-state index in [-0.39, 0.29) is 6.07 Å². The van der Waals surface area contributed by atoms with Gasteiger partial charge in [0.1, 0.15) is 0 Å². The summed E-state index contributed by atoms with van der Waals surface area (Å²) in [6.45, 7) is 1.98. The van der Waals surface area contributed by atoms with Gasteiger partial charge in [-0.25, -0.2) is 4.98 Å². The number of hydrogen-bond acceptors (Lipinski definition) is 3. The van der Waals surface area contributed by atoms with Crippen molar-refractivity contribution in [1.29, 1.82) is 0 Å². The molecule has 0 radical (unpaired) electrons. The minimum atomic E-state index is 0.0793. The molecule has 0 saturated carbocycles. The summed E-state index contributed by atoms with van der Waals surface area (Å²) in [5.41, 5.74) is 2.75. The van der Waals surface area contributed by atoms with Crippen LogP contribution in [0.25, 0.3) is 11.3 Å². The molecule has 0 spiro atoms. The van der Waals surface area contributed by atoms with E-state index in [1.807, 2.05) is 31.2 Å². The predicted molar refractivity (Wildman–Crippen MR) is 63.6 cm³/mol. The van der Waals surface area contributed by atoms with Crippen LogP contribution in [-0.4, -0.2) is 16.0 Å². The Morgan fingerprint density at radius 3 is 2.88 bits per heavy atom. The highest BCUT2D eigenvalue weighted by molar-refractivity contribution is 6.17. The molecule has 0 N–H and O–H groups in total. The molecule has 0 aliphatic rings. The van der Waals surface area contributed by atoms with Gasteiger partial charge < -0.3 is 4.74 Å². The Morgan fingerprint density at radius 2 is 2.19 bits per heavy atom. The van der Waals surface area contributed by atoms with E-state index in [1.54, 1.807) is 12.4 Å². The number of hydrogen-bond donors (Lipinski definition) is 0.